The van der Waals surface area contributed by atoms with Gasteiger partial charge in [-0.2, -0.15) is 0 Å². The molecule has 0 aliphatic heterocycles. The quantitative estimate of drug-likeness (QED) is 0.852. The van der Waals surface area contributed by atoms with Gasteiger partial charge in [0.15, 0.2) is 0 Å². The van der Waals surface area contributed by atoms with Crippen LogP contribution < -0.4 is 5.32 Å². The highest BCUT2D eigenvalue weighted by atomic mass is 35.5. The number of anilines is 1. The fraction of sp³-hybridized carbons (Fsp3) is 0.111. The first kappa shape index (κ1) is 11.6. The predicted molar refractivity (Wildman–Crippen MR) is 59.7 cm³/mol. The van der Waals surface area contributed by atoms with Crippen molar-refractivity contribution in [3.8, 4) is 0 Å². The monoisotopic (exact) mass is 253 g/mol. The van der Waals surface area contributed by atoms with Crippen molar-refractivity contribution in [3.05, 3.63) is 39.6 Å². The Morgan fingerprint density at radius 2 is 2.21 bits per heavy atom. The first-order valence-corrected chi connectivity index (χ1v) is 4.96. The zero-order valence-corrected chi connectivity index (χ0v) is 9.30. The maximum absolute atomic E-state index is 13.1. The normalized spacial score (nSPS) is 11.6. The van der Waals surface area contributed by atoms with Crippen molar-refractivity contribution >= 4 is 40.5 Å². The molecule has 1 rings (SSSR count). The molecule has 0 spiro atoms. The molecule has 1 aromatic carbocycles. The number of nitrogens with one attached hydrogen (secondary N) is 1. The molecule has 0 bridgehead atoms. The summed E-state index contributed by atoms with van der Waals surface area (Å²) in [5.74, 6) is -0.381. The Labute approximate surface area is 96.5 Å². The van der Waals surface area contributed by atoms with Crippen molar-refractivity contribution in [1.82, 2.24) is 0 Å². The Morgan fingerprint density at radius 3 is 2.86 bits per heavy atom. The Morgan fingerprint density at radius 1 is 1.50 bits per heavy atom. The van der Waals surface area contributed by atoms with E-state index < -0.39 is 0 Å². The van der Waals surface area contributed by atoms with E-state index in [0.29, 0.717) is 15.7 Å². The second kappa shape index (κ2) is 5.44. The molecule has 0 fully saturated rings. The Kier molecular flexibility index (Phi) is 4.52. The van der Waals surface area contributed by atoms with E-state index in [1.54, 1.807) is 0 Å². The molecule has 1 nitrogen and oxygen atoms in total. The molecule has 0 unspecified atom stereocenters. The fourth-order valence-corrected chi connectivity index (χ4v) is 1.17. The topological polar surface area (TPSA) is 12.0 Å². The van der Waals surface area contributed by atoms with Crippen molar-refractivity contribution in [2.75, 3.05) is 11.9 Å². The van der Waals surface area contributed by atoms with Gasteiger partial charge in [-0.05, 0) is 18.2 Å². The summed E-state index contributed by atoms with van der Waals surface area (Å²) >= 11 is 16.6. The molecule has 76 valence electrons. The average Bonchev–Trinajstić information content (AvgIpc) is 2.19. The smallest absolute Gasteiger partial charge is 0.146 e. The van der Waals surface area contributed by atoms with Crippen LogP contribution in [0.4, 0.5) is 10.1 Å². The van der Waals surface area contributed by atoms with Gasteiger partial charge in [0.25, 0.3) is 0 Å². The lowest BCUT2D eigenvalue weighted by atomic mass is 10.3. The van der Waals surface area contributed by atoms with Crippen LogP contribution in [0.5, 0.6) is 0 Å². The van der Waals surface area contributed by atoms with E-state index in [4.69, 9.17) is 34.8 Å². The molecule has 0 saturated heterocycles. The van der Waals surface area contributed by atoms with Crippen LogP contribution in [0.2, 0.25) is 5.02 Å². The van der Waals surface area contributed by atoms with Crippen LogP contribution in [0.1, 0.15) is 0 Å². The summed E-state index contributed by atoms with van der Waals surface area (Å²) in [6, 6.07) is 4.24. The molecular formula is C9H7Cl3FN. The molecular weight excluding hydrogens is 247 g/mol. The second-order valence-electron chi connectivity index (χ2n) is 2.53. The van der Waals surface area contributed by atoms with Gasteiger partial charge in [0.1, 0.15) is 5.82 Å². The van der Waals surface area contributed by atoms with E-state index >= 15 is 0 Å². The van der Waals surface area contributed by atoms with Crippen LogP contribution in [-0.2, 0) is 0 Å². The van der Waals surface area contributed by atoms with Crippen molar-refractivity contribution in [3.63, 3.8) is 0 Å². The number of rotatable bonds is 3. The van der Waals surface area contributed by atoms with E-state index in [1.807, 2.05) is 0 Å². The number of hydrogen-bond donors (Lipinski definition) is 1. The van der Waals surface area contributed by atoms with Crippen LogP contribution in [0, 0.1) is 5.82 Å². The van der Waals surface area contributed by atoms with Crippen LogP contribution >= 0.6 is 34.8 Å². The van der Waals surface area contributed by atoms with E-state index in [2.05, 4.69) is 5.32 Å². The summed E-state index contributed by atoms with van der Waals surface area (Å²) in [4.78, 5) is 0. The number of hydrogen-bond acceptors (Lipinski definition) is 1. The minimum Gasteiger partial charge on any atom is -0.378 e. The molecule has 0 aliphatic carbocycles. The first-order valence-electron chi connectivity index (χ1n) is 3.77. The van der Waals surface area contributed by atoms with Gasteiger partial charge >= 0.3 is 0 Å². The van der Waals surface area contributed by atoms with Crippen molar-refractivity contribution in [2.45, 2.75) is 0 Å². The van der Waals surface area contributed by atoms with Gasteiger partial charge in [0.05, 0.1) is 12.2 Å². The molecule has 14 heavy (non-hydrogen) atoms. The molecule has 0 radical (unpaired) electrons. The Hall–Kier alpha value is -0.440. The Bertz CT molecular complexity index is 352. The van der Waals surface area contributed by atoms with E-state index in [0.717, 1.165) is 0 Å². The predicted octanol–water partition coefficient (Wildman–Crippen LogP) is 4.21. The van der Waals surface area contributed by atoms with Crippen LogP contribution in [0.3, 0.4) is 0 Å². The SMILES string of the molecule is Fc1ccc(Cl)cc1NCC(Cl)=CCl. The van der Waals surface area contributed by atoms with Gasteiger partial charge in [-0.25, -0.2) is 4.39 Å². The maximum atomic E-state index is 13.1. The lowest BCUT2D eigenvalue weighted by molar-refractivity contribution is 0.631. The minimum absolute atomic E-state index is 0.266. The summed E-state index contributed by atoms with van der Waals surface area (Å²) in [6.07, 6.45) is 0. The highest BCUT2D eigenvalue weighted by Crippen LogP contribution is 2.20. The largest absolute Gasteiger partial charge is 0.378 e. The van der Waals surface area contributed by atoms with Gasteiger partial charge in [0, 0.05) is 15.6 Å². The van der Waals surface area contributed by atoms with Crippen molar-refractivity contribution in [2.24, 2.45) is 0 Å². The standard InChI is InChI=1S/C9H7Cl3FN/c10-4-7(12)5-14-9-3-6(11)1-2-8(9)13/h1-4,14H,5H2. The van der Waals surface area contributed by atoms with E-state index in [9.17, 15) is 4.39 Å². The summed E-state index contributed by atoms with van der Waals surface area (Å²) in [5, 5.41) is 3.61. The molecule has 1 aromatic rings. The zero-order valence-electron chi connectivity index (χ0n) is 7.03. The molecule has 0 amide bonds. The van der Waals surface area contributed by atoms with Gasteiger partial charge in [-0.3, -0.25) is 0 Å². The van der Waals surface area contributed by atoms with E-state index in [1.165, 1.54) is 23.7 Å². The average molecular weight is 255 g/mol. The highest BCUT2D eigenvalue weighted by molar-refractivity contribution is 6.36. The summed E-state index contributed by atoms with van der Waals surface area (Å²) < 4.78 is 13.1. The molecule has 1 N–H and O–H groups in total. The molecule has 0 saturated carbocycles. The lowest BCUT2D eigenvalue weighted by Crippen LogP contribution is -2.02. The lowest BCUT2D eigenvalue weighted by Gasteiger charge is -2.06. The van der Waals surface area contributed by atoms with Gasteiger partial charge in [0.2, 0.25) is 0 Å². The van der Waals surface area contributed by atoms with Gasteiger partial charge in [-0.1, -0.05) is 34.8 Å². The zero-order chi connectivity index (χ0) is 10.6. The molecule has 0 aliphatic rings. The van der Waals surface area contributed by atoms with E-state index in [-0.39, 0.29) is 12.4 Å². The molecule has 0 aromatic heterocycles. The fourth-order valence-electron chi connectivity index (χ4n) is 0.851. The number of halogens is 4. The summed E-state index contributed by atoms with van der Waals surface area (Å²) in [6.45, 7) is 0.266. The Balaban J connectivity index is 2.71. The third-order valence-electron chi connectivity index (χ3n) is 1.49. The van der Waals surface area contributed by atoms with Crippen LogP contribution in [-0.4, -0.2) is 6.54 Å². The second-order valence-corrected chi connectivity index (χ2v) is 3.67. The molecule has 0 heterocycles. The van der Waals surface area contributed by atoms with Crippen molar-refractivity contribution in [1.29, 1.82) is 0 Å². The van der Waals surface area contributed by atoms with Crippen LogP contribution in [0.15, 0.2) is 28.8 Å². The molecule has 5 heteroatoms. The number of benzene rings is 1. The first-order chi connectivity index (χ1) is 6.63. The minimum atomic E-state index is -0.381. The van der Waals surface area contributed by atoms with Gasteiger partial charge in [-0.15, -0.1) is 0 Å². The van der Waals surface area contributed by atoms with Crippen molar-refractivity contribution < 1.29 is 4.39 Å². The van der Waals surface area contributed by atoms with Gasteiger partial charge < -0.3 is 5.32 Å². The summed E-state index contributed by atoms with van der Waals surface area (Å²) in [5.41, 5.74) is 1.52. The summed E-state index contributed by atoms with van der Waals surface area (Å²) in [7, 11) is 0. The molecule has 0 atom stereocenters. The highest BCUT2D eigenvalue weighted by Gasteiger charge is 2.02. The van der Waals surface area contributed by atoms with Crippen LogP contribution in [0.25, 0.3) is 0 Å². The maximum Gasteiger partial charge on any atom is 0.146 e. The third kappa shape index (κ3) is 3.37. The third-order valence-corrected chi connectivity index (χ3v) is 2.35.